The first-order chi connectivity index (χ1) is 36.3. The van der Waals surface area contributed by atoms with Crippen LogP contribution in [0.3, 0.4) is 0 Å². The number of aromatic nitrogens is 4. The molecule has 10 aromatic carbocycles. The van der Waals surface area contributed by atoms with Crippen molar-refractivity contribution < 1.29 is 0 Å². The van der Waals surface area contributed by atoms with Gasteiger partial charge in [0.2, 0.25) is 0 Å². The van der Waals surface area contributed by atoms with Gasteiger partial charge in [-0.1, -0.05) is 216 Å². The number of para-hydroxylation sites is 3. The van der Waals surface area contributed by atoms with E-state index in [2.05, 4.69) is 261 Å². The van der Waals surface area contributed by atoms with Crippen molar-refractivity contribution in [2.75, 3.05) is 0 Å². The summed E-state index contributed by atoms with van der Waals surface area (Å²) in [6.45, 7) is 9.60. The van der Waals surface area contributed by atoms with E-state index >= 15 is 0 Å². The summed E-state index contributed by atoms with van der Waals surface area (Å²) in [6, 6.07) is 84.4. The van der Waals surface area contributed by atoms with E-state index in [4.69, 9.17) is 9.97 Å². The Kier molecular flexibility index (Phi) is 9.02. The maximum Gasteiger partial charge on any atom is 0.160 e. The number of nitrogens with zero attached hydrogens (tertiary/aromatic N) is 4. The van der Waals surface area contributed by atoms with Gasteiger partial charge in [0.1, 0.15) is 0 Å². The van der Waals surface area contributed by atoms with Crippen molar-refractivity contribution in [1.29, 1.82) is 0 Å². The molecule has 2 aliphatic carbocycles. The molecule has 0 amide bonds. The summed E-state index contributed by atoms with van der Waals surface area (Å²) in [7, 11) is 0. The quantitative estimate of drug-likeness (QED) is 0.166. The van der Waals surface area contributed by atoms with Gasteiger partial charge in [0.15, 0.2) is 5.82 Å². The Balaban J connectivity index is 1.07. The van der Waals surface area contributed by atoms with Crippen LogP contribution in [0.1, 0.15) is 49.9 Å². The van der Waals surface area contributed by atoms with E-state index < -0.39 is 0 Å². The fourth-order valence-corrected chi connectivity index (χ4v) is 13.3. The summed E-state index contributed by atoms with van der Waals surface area (Å²) < 4.78 is 5.07. The van der Waals surface area contributed by atoms with Crippen molar-refractivity contribution in [3.8, 4) is 78.7 Å². The molecule has 3 aromatic heterocycles. The van der Waals surface area contributed by atoms with Crippen molar-refractivity contribution in [2.45, 2.75) is 38.5 Å². The van der Waals surface area contributed by atoms with Crippen molar-refractivity contribution >= 4 is 43.6 Å². The molecule has 13 aromatic rings. The van der Waals surface area contributed by atoms with Gasteiger partial charge in [-0.3, -0.25) is 0 Å². The zero-order valence-corrected chi connectivity index (χ0v) is 41.7. The molecule has 0 unspecified atom stereocenters. The lowest BCUT2D eigenvalue weighted by Gasteiger charge is -2.23. The Morgan fingerprint density at radius 3 is 1.36 bits per heavy atom. The molecular weight excluding hydrogens is 897 g/mol. The van der Waals surface area contributed by atoms with Crippen molar-refractivity contribution in [1.82, 2.24) is 19.1 Å². The van der Waals surface area contributed by atoms with Crippen molar-refractivity contribution in [2.24, 2.45) is 0 Å². The van der Waals surface area contributed by atoms with Crippen LogP contribution in [0.4, 0.5) is 0 Å². The molecule has 0 saturated carbocycles. The van der Waals surface area contributed by atoms with E-state index in [1.165, 1.54) is 82.6 Å². The van der Waals surface area contributed by atoms with Crippen LogP contribution >= 0.6 is 0 Å². The van der Waals surface area contributed by atoms with E-state index in [1.807, 2.05) is 6.07 Å². The van der Waals surface area contributed by atoms with Gasteiger partial charge in [-0.15, -0.1) is 0 Å². The van der Waals surface area contributed by atoms with Crippen molar-refractivity contribution in [3.05, 3.63) is 253 Å². The number of hydrogen-bond donors (Lipinski definition) is 0. The Morgan fingerprint density at radius 1 is 0.324 bits per heavy atom. The van der Waals surface area contributed by atoms with Gasteiger partial charge in [0.25, 0.3) is 0 Å². The molecule has 0 atom stereocenters. The monoisotopic (exact) mass is 946 g/mol. The third-order valence-corrected chi connectivity index (χ3v) is 16.5. The largest absolute Gasteiger partial charge is 0.309 e. The second-order valence-corrected chi connectivity index (χ2v) is 21.2. The van der Waals surface area contributed by atoms with Gasteiger partial charge < -0.3 is 9.13 Å². The highest BCUT2D eigenvalue weighted by atomic mass is 15.0. The fraction of sp³-hybridized carbons (Fsp3) is 0.0857. The lowest BCUT2D eigenvalue weighted by atomic mass is 9.80. The highest BCUT2D eigenvalue weighted by Gasteiger charge is 2.40. The molecule has 4 nitrogen and oxygen atoms in total. The van der Waals surface area contributed by atoms with Crippen molar-refractivity contribution in [3.63, 3.8) is 0 Å². The fourth-order valence-electron chi connectivity index (χ4n) is 13.3. The molecule has 0 aliphatic heterocycles. The van der Waals surface area contributed by atoms with Crippen LogP contribution in [0.15, 0.2) is 231 Å². The van der Waals surface area contributed by atoms with Gasteiger partial charge in [-0.25, -0.2) is 9.97 Å². The normalized spacial score (nSPS) is 13.9. The average molecular weight is 947 g/mol. The molecule has 0 fully saturated rings. The standard InChI is InChI=1S/C70H50N4/c1-69(2)53-32-16-11-26-45(53)47-38-40-61-64(66(47)69)51-29-14-19-35-58(51)73(61)57-34-18-13-28-50(57)63-49(56-42-55(43-22-7-5-8-23-43)71-68(72-56)44-24-9-6-10-25-44)31-21-37-60(63)74-59-36-20-15-30-52(59)65-62(74)41-39-48-46-27-12-17-33-54(46)70(3,4)67(48)65/h5-42H,1-4H3. The highest BCUT2D eigenvalue weighted by Crippen LogP contribution is 2.56. The SMILES string of the molecule is CC1(C)c2ccccc2-c2ccc3c(c21)c1ccccc1n3-c1ccccc1-c1c(-c2cc(-c3ccccc3)nc(-c3ccccc3)n2)cccc1-n1c2ccccc2c2c3c(ccc21)-c1ccccc1C3(C)C. The minimum atomic E-state index is -0.215. The third kappa shape index (κ3) is 5.91. The molecule has 350 valence electrons. The van der Waals surface area contributed by atoms with Gasteiger partial charge in [0, 0.05) is 60.2 Å². The Bertz CT molecular complexity index is 4420. The Morgan fingerprint density at radius 2 is 0.770 bits per heavy atom. The number of rotatable bonds is 6. The number of hydrogen-bond acceptors (Lipinski definition) is 2. The Hall–Kier alpha value is -9.12. The zero-order chi connectivity index (χ0) is 49.5. The predicted octanol–water partition coefficient (Wildman–Crippen LogP) is 18.0. The smallest absolute Gasteiger partial charge is 0.160 e. The summed E-state index contributed by atoms with van der Waals surface area (Å²) in [6.07, 6.45) is 0. The minimum Gasteiger partial charge on any atom is -0.309 e. The molecule has 0 saturated heterocycles. The molecule has 4 heteroatoms. The van der Waals surface area contributed by atoms with E-state index in [0.717, 1.165) is 56.1 Å². The first-order valence-electron chi connectivity index (χ1n) is 25.8. The average Bonchev–Trinajstić information content (AvgIpc) is 4.12. The van der Waals surface area contributed by atoms with E-state index in [-0.39, 0.29) is 10.8 Å². The van der Waals surface area contributed by atoms with E-state index in [9.17, 15) is 0 Å². The lowest BCUT2D eigenvalue weighted by molar-refractivity contribution is 0.666. The first-order valence-corrected chi connectivity index (χ1v) is 25.8. The van der Waals surface area contributed by atoms with Gasteiger partial charge in [0.05, 0.1) is 44.8 Å². The van der Waals surface area contributed by atoms with Gasteiger partial charge in [-0.05, 0) is 87.0 Å². The molecule has 0 bridgehead atoms. The first kappa shape index (κ1) is 42.6. The van der Waals surface area contributed by atoms with Crippen LogP contribution < -0.4 is 0 Å². The summed E-state index contributed by atoms with van der Waals surface area (Å²) in [5, 5.41) is 5.09. The second-order valence-electron chi connectivity index (χ2n) is 21.2. The van der Waals surface area contributed by atoms with Crippen LogP contribution in [0.2, 0.25) is 0 Å². The van der Waals surface area contributed by atoms with Crippen LogP contribution in [-0.2, 0) is 10.8 Å². The molecule has 2 aliphatic rings. The van der Waals surface area contributed by atoms with Crippen LogP contribution in [-0.4, -0.2) is 19.1 Å². The predicted molar refractivity (Wildman–Crippen MR) is 308 cm³/mol. The molecule has 0 radical (unpaired) electrons. The topological polar surface area (TPSA) is 35.6 Å². The van der Waals surface area contributed by atoms with Crippen LogP contribution in [0, 0.1) is 0 Å². The molecule has 0 spiro atoms. The maximum atomic E-state index is 5.56. The molecule has 0 N–H and O–H groups in total. The number of benzene rings is 10. The maximum absolute atomic E-state index is 5.56. The zero-order valence-electron chi connectivity index (χ0n) is 41.7. The van der Waals surface area contributed by atoms with Crippen LogP contribution in [0.25, 0.3) is 122 Å². The molecular formula is C70H50N4. The molecule has 74 heavy (non-hydrogen) atoms. The lowest BCUT2D eigenvalue weighted by Crippen LogP contribution is -2.15. The second kappa shape index (κ2) is 15.7. The summed E-state index contributed by atoms with van der Waals surface area (Å²) in [4.78, 5) is 10.8. The van der Waals surface area contributed by atoms with E-state index in [1.54, 1.807) is 0 Å². The van der Waals surface area contributed by atoms with Gasteiger partial charge in [-0.2, -0.15) is 0 Å². The molecule has 15 rings (SSSR count). The third-order valence-electron chi connectivity index (χ3n) is 16.5. The summed E-state index contributed by atoms with van der Waals surface area (Å²) in [5.41, 5.74) is 24.1. The Labute approximate surface area is 430 Å². The van der Waals surface area contributed by atoms with Gasteiger partial charge >= 0.3 is 0 Å². The number of fused-ring (bicyclic) bond motifs is 14. The summed E-state index contributed by atoms with van der Waals surface area (Å²) in [5.74, 6) is 0.681. The van der Waals surface area contributed by atoms with Crippen LogP contribution in [0.5, 0.6) is 0 Å². The molecule has 3 heterocycles. The highest BCUT2D eigenvalue weighted by molar-refractivity contribution is 6.17. The minimum absolute atomic E-state index is 0.202. The van der Waals surface area contributed by atoms with E-state index in [0.29, 0.717) is 5.82 Å². The summed E-state index contributed by atoms with van der Waals surface area (Å²) >= 11 is 0.